The minimum absolute atomic E-state index is 0.142. The molecule has 1 aliphatic heterocycles. The third-order valence-corrected chi connectivity index (χ3v) is 5.45. The van der Waals surface area contributed by atoms with Crippen molar-refractivity contribution < 1.29 is 14.7 Å². The van der Waals surface area contributed by atoms with Crippen LogP contribution in [0.4, 0.5) is 10.5 Å². The lowest BCUT2D eigenvalue weighted by atomic mass is 10.1. The Morgan fingerprint density at radius 3 is 3.00 bits per heavy atom. The molecule has 2 aliphatic rings. The molecular weight excluding hydrogens is 358 g/mol. The van der Waals surface area contributed by atoms with Crippen molar-refractivity contribution in [3.05, 3.63) is 48.3 Å². The molecule has 2 aromatic rings. The lowest BCUT2D eigenvalue weighted by molar-refractivity contribution is 0.0872. The van der Waals surface area contributed by atoms with Crippen LogP contribution in [0.15, 0.2) is 42.7 Å². The Morgan fingerprint density at radius 1 is 1.32 bits per heavy atom. The number of nitrogens with one attached hydrogen (secondary N) is 2. The summed E-state index contributed by atoms with van der Waals surface area (Å²) >= 11 is 0. The number of rotatable bonds is 5. The molecule has 2 fully saturated rings. The number of aliphatic hydroxyl groups excluding tert-OH is 1. The molecule has 2 heterocycles. The van der Waals surface area contributed by atoms with Crippen LogP contribution in [0.1, 0.15) is 29.6 Å². The minimum atomic E-state index is -0.569. The van der Waals surface area contributed by atoms with Gasteiger partial charge in [-0.2, -0.15) is 5.10 Å². The van der Waals surface area contributed by atoms with Crippen molar-refractivity contribution in [3.8, 4) is 0 Å². The Hall–Kier alpha value is -2.87. The van der Waals surface area contributed by atoms with E-state index in [1.807, 2.05) is 23.0 Å². The Kier molecular flexibility index (Phi) is 5.29. The molecule has 0 bridgehead atoms. The van der Waals surface area contributed by atoms with Crippen LogP contribution in [0.5, 0.6) is 0 Å². The van der Waals surface area contributed by atoms with Crippen LogP contribution >= 0.6 is 0 Å². The first-order valence-corrected chi connectivity index (χ1v) is 9.72. The normalized spacial score (nSPS) is 24.8. The molecular formula is C20H25N5O3. The van der Waals surface area contributed by atoms with Crippen LogP contribution in [0.2, 0.25) is 0 Å². The highest BCUT2D eigenvalue weighted by Gasteiger charge is 2.34. The van der Waals surface area contributed by atoms with E-state index in [4.69, 9.17) is 0 Å². The maximum atomic E-state index is 12.7. The Morgan fingerprint density at radius 2 is 2.21 bits per heavy atom. The monoisotopic (exact) mass is 383 g/mol. The minimum Gasteiger partial charge on any atom is -0.391 e. The SMILES string of the molecule is O=C(N[C@@H]1CC(Cn2cccn2)C[C@H]1O)c1cccc(N2CCCNC2=O)c1. The number of urea groups is 1. The van der Waals surface area contributed by atoms with Gasteiger partial charge in [0.25, 0.3) is 5.91 Å². The van der Waals surface area contributed by atoms with Crippen molar-refractivity contribution in [2.75, 3.05) is 18.0 Å². The van der Waals surface area contributed by atoms with Gasteiger partial charge < -0.3 is 15.7 Å². The molecule has 1 aromatic heterocycles. The summed E-state index contributed by atoms with van der Waals surface area (Å²) in [6.45, 7) is 2.04. The molecule has 8 heteroatoms. The highest BCUT2D eigenvalue weighted by atomic mass is 16.3. The molecule has 1 aliphatic carbocycles. The van der Waals surface area contributed by atoms with Gasteiger partial charge in [0, 0.05) is 43.3 Å². The molecule has 3 atom stereocenters. The quantitative estimate of drug-likeness (QED) is 0.726. The van der Waals surface area contributed by atoms with Crippen LogP contribution < -0.4 is 15.5 Å². The van der Waals surface area contributed by atoms with E-state index < -0.39 is 6.10 Å². The van der Waals surface area contributed by atoms with Crippen molar-refractivity contribution >= 4 is 17.6 Å². The van der Waals surface area contributed by atoms with Gasteiger partial charge in [0.15, 0.2) is 0 Å². The number of amides is 3. The summed E-state index contributed by atoms with van der Waals surface area (Å²) in [6.07, 6.45) is 5.29. The van der Waals surface area contributed by atoms with Crippen LogP contribution in [0.3, 0.4) is 0 Å². The van der Waals surface area contributed by atoms with Gasteiger partial charge >= 0.3 is 6.03 Å². The van der Waals surface area contributed by atoms with Crippen LogP contribution in [0.25, 0.3) is 0 Å². The average molecular weight is 383 g/mol. The van der Waals surface area contributed by atoms with Gasteiger partial charge in [-0.05, 0) is 49.4 Å². The molecule has 1 aromatic carbocycles. The Bertz CT molecular complexity index is 838. The van der Waals surface area contributed by atoms with Crippen molar-refractivity contribution in [3.63, 3.8) is 0 Å². The highest BCUT2D eigenvalue weighted by Crippen LogP contribution is 2.28. The Balaban J connectivity index is 1.39. The summed E-state index contributed by atoms with van der Waals surface area (Å²) in [7, 11) is 0. The van der Waals surface area contributed by atoms with Gasteiger partial charge in [-0.25, -0.2) is 4.79 Å². The number of anilines is 1. The van der Waals surface area contributed by atoms with E-state index >= 15 is 0 Å². The topological polar surface area (TPSA) is 99.5 Å². The van der Waals surface area contributed by atoms with Gasteiger partial charge in [-0.15, -0.1) is 0 Å². The predicted octanol–water partition coefficient (Wildman–Crippen LogP) is 1.37. The third kappa shape index (κ3) is 4.01. The summed E-state index contributed by atoms with van der Waals surface area (Å²) in [4.78, 5) is 26.4. The van der Waals surface area contributed by atoms with Crippen molar-refractivity contribution in [2.45, 2.75) is 38.0 Å². The largest absolute Gasteiger partial charge is 0.391 e. The van der Waals surface area contributed by atoms with Crippen molar-refractivity contribution in [2.24, 2.45) is 5.92 Å². The van der Waals surface area contributed by atoms with E-state index in [2.05, 4.69) is 15.7 Å². The number of aliphatic hydroxyl groups is 1. The second kappa shape index (κ2) is 8.02. The number of benzene rings is 1. The number of hydrogen-bond donors (Lipinski definition) is 3. The third-order valence-electron chi connectivity index (χ3n) is 5.45. The summed E-state index contributed by atoms with van der Waals surface area (Å²) < 4.78 is 1.86. The number of nitrogens with zero attached hydrogens (tertiary/aromatic N) is 3. The molecule has 3 amide bonds. The summed E-state index contributed by atoms with van der Waals surface area (Å²) in [5.74, 6) is 0.0339. The highest BCUT2D eigenvalue weighted by molar-refractivity contribution is 5.98. The Labute approximate surface area is 163 Å². The fourth-order valence-electron chi connectivity index (χ4n) is 4.04. The number of carbonyl (C=O) groups is 2. The summed E-state index contributed by atoms with van der Waals surface area (Å²) in [6, 6.07) is 8.50. The molecule has 3 N–H and O–H groups in total. The van der Waals surface area contributed by atoms with Crippen molar-refractivity contribution in [1.29, 1.82) is 0 Å². The first-order valence-electron chi connectivity index (χ1n) is 9.72. The zero-order chi connectivity index (χ0) is 19.5. The van der Waals surface area contributed by atoms with E-state index in [0.29, 0.717) is 37.2 Å². The lowest BCUT2D eigenvalue weighted by Crippen LogP contribution is -2.46. The first kappa shape index (κ1) is 18.5. The van der Waals surface area contributed by atoms with Crippen LogP contribution in [-0.2, 0) is 6.54 Å². The molecule has 1 saturated heterocycles. The molecule has 28 heavy (non-hydrogen) atoms. The van der Waals surface area contributed by atoms with E-state index in [1.165, 1.54) is 0 Å². The van der Waals surface area contributed by atoms with E-state index in [9.17, 15) is 14.7 Å². The second-order valence-electron chi connectivity index (χ2n) is 7.50. The van der Waals surface area contributed by atoms with Gasteiger partial charge in [0.05, 0.1) is 12.1 Å². The second-order valence-corrected chi connectivity index (χ2v) is 7.50. The summed E-state index contributed by atoms with van der Waals surface area (Å²) in [5, 5.41) is 20.4. The molecule has 1 saturated carbocycles. The molecule has 0 spiro atoms. The smallest absolute Gasteiger partial charge is 0.321 e. The molecule has 1 unspecified atom stereocenters. The van der Waals surface area contributed by atoms with E-state index in [-0.39, 0.29) is 23.9 Å². The molecule has 4 rings (SSSR count). The predicted molar refractivity (Wildman–Crippen MR) is 104 cm³/mol. The van der Waals surface area contributed by atoms with Crippen LogP contribution in [0, 0.1) is 5.92 Å². The van der Waals surface area contributed by atoms with Crippen LogP contribution in [-0.4, -0.2) is 52.1 Å². The number of hydrogen-bond acceptors (Lipinski definition) is 4. The fraction of sp³-hybridized carbons (Fsp3) is 0.450. The number of carbonyl (C=O) groups excluding carboxylic acids is 2. The van der Waals surface area contributed by atoms with Crippen molar-refractivity contribution in [1.82, 2.24) is 20.4 Å². The standard InChI is InChI=1S/C20H25N5O3/c26-18-11-14(13-24-8-3-7-22-24)10-17(18)23-19(27)15-4-1-5-16(12-15)25-9-2-6-21-20(25)28/h1,3-5,7-8,12,14,17-18,26H,2,6,9-11,13H2,(H,21,28)(H,23,27)/t14?,17-,18-/m1/s1. The molecule has 148 valence electrons. The maximum Gasteiger partial charge on any atom is 0.321 e. The first-order chi connectivity index (χ1) is 13.6. The molecule has 8 nitrogen and oxygen atoms in total. The zero-order valence-corrected chi connectivity index (χ0v) is 15.6. The van der Waals surface area contributed by atoms with Gasteiger partial charge in [-0.1, -0.05) is 6.07 Å². The fourth-order valence-corrected chi connectivity index (χ4v) is 4.04. The number of aromatic nitrogens is 2. The van der Waals surface area contributed by atoms with Gasteiger partial charge in [0.1, 0.15) is 0 Å². The zero-order valence-electron chi connectivity index (χ0n) is 15.6. The van der Waals surface area contributed by atoms with Gasteiger partial charge in [0.2, 0.25) is 0 Å². The maximum absolute atomic E-state index is 12.7. The average Bonchev–Trinajstić information content (AvgIpc) is 3.32. The van der Waals surface area contributed by atoms with E-state index in [1.54, 1.807) is 29.3 Å². The summed E-state index contributed by atoms with van der Waals surface area (Å²) in [5.41, 5.74) is 1.19. The van der Waals surface area contributed by atoms with E-state index in [0.717, 1.165) is 13.0 Å². The molecule has 0 radical (unpaired) electrons. The van der Waals surface area contributed by atoms with Gasteiger partial charge in [-0.3, -0.25) is 14.4 Å². The lowest BCUT2D eigenvalue weighted by Gasteiger charge is -2.27.